The van der Waals surface area contributed by atoms with E-state index in [0.29, 0.717) is 19.3 Å². The number of esters is 3. The fourth-order valence-electron chi connectivity index (χ4n) is 9.54. The summed E-state index contributed by atoms with van der Waals surface area (Å²) in [4.78, 5) is 38.2. The molecule has 0 rings (SSSR count). The first-order valence-electron chi connectivity index (χ1n) is 32.0. The lowest BCUT2D eigenvalue weighted by Crippen LogP contribution is -2.30. The molecule has 0 spiro atoms. The van der Waals surface area contributed by atoms with Crippen molar-refractivity contribution in [1.29, 1.82) is 0 Å². The van der Waals surface area contributed by atoms with Gasteiger partial charge in [-0.3, -0.25) is 14.4 Å². The molecule has 0 saturated heterocycles. The monoisotopic (exact) mass is 1010 g/mol. The lowest BCUT2D eigenvalue weighted by molar-refractivity contribution is -0.167. The number of ether oxygens (including phenoxy) is 3. The average Bonchev–Trinajstić information content (AvgIpc) is 3.38. The third-order valence-electron chi connectivity index (χ3n) is 14.3. The second kappa shape index (κ2) is 61.2. The van der Waals surface area contributed by atoms with E-state index in [1.54, 1.807) is 0 Å². The van der Waals surface area contributed by atoms with Gasteiger partial charge in [-0.1, -0.05) is 295 Å². The first-order chi connectivity index (χ1) is 35.5. The number of unbranched alkanes of at least 4 members (excludes halogenated alkanes) is 42. The van der Waals surface area contributed by atoms with Crippen molar-refractivity contribution in [3.8, 4) is 0 Å². The first-order valence-corrected chi connectivity index (χ1v) is 32.0. The number of rotatable bonds is 59. The molecule has 0 saturated carbocycles. The van der Waals surface area contributed by atoms with E-state index in [1.165, 1.54) is 218 Å². The van der Waals surface area contributed by atoms with E-state index in [9.17, 15) is 14.4 Å². The Labute approximate surface area is 448 Å². The van der Waals surface area contributed by atoms with Crippen LogP contribution in [0.3, 0.4) is 0 Å². The van der Waals surface area contributed by atoms with E-state index in [2.05, 4.69) is 57.2 Å². The lowest BCUT2D eigenvalue weighted by atomic mass is 10.0. The van der Waals surface area contributed by atoms with Gasteiger partial charge >= 0.3 is 17.9 Å². The van der Waals surface area contributed by atoms with Crippen LogP contribution in [0.25, 0.3) is 0 Å². The Bertz CT molecular complexity index is 1210. The van der Waals surface area contributed by atoms with Crippen LogP contribution >= 0.6 is 0 Å². The zero-order valence-corrected chi connectivity index (χ0v) is 48.5. The van der Waals surface area contributed by atoms with Crippen molar-refractivity contribution in [3.63, 3.8) is 0 Å². The Morgan fingerprint density at radius 1 is 0.278 bits per heavy atom. The minimum Gasteiger partial charge on any atom is -0.462 e. The van der Waals surface area contributed by atoms with Crippen molar-refractivity contribution in [2.24, 2.45) is 0 Å². The summed E-state index contributed by atoms with van der Waals surface area (Å²) in [6.45, 7) is 6.60. The van der Waals surface area contributed by atoms with Gasteiger partial charge in [-0.15, -0.1) is 0 Å². The molecule has 1 atom stereocenters. The molecule has 0 radical (unpaired) electrons. The van der Waals surface area contributed by atoms with Gasteiger partial charge in [-0.25, -0.2) is 0 Å². The number of hydrogen-bond donors (Lipinski definition) is 0. The summed E-state index contributed by atoms with van der Waals surface area (Å²) in [5.41, 5.74) is 0. The molecule has 0 N–H and O–H groups in total. The van der Waals surface area contributed by atoms with Crippen LogP contribution in [-0.2, 0) is 28.6 Å². The maximum absolute atomic E-state index is 12.9. The number of carbonyl (C=O) groups is 3. The highest BCUT2D eigenvalue weighted by Gasteiger charge is 2.19. The van der Waals surface area contributed by atoms with Gasteiger partial charge < -0.3 is 14.2 Å². The van der Waals surface area contributed by atoms with Crippen LogP contribution in [0.5, 0.6) is 0 Å². The molecule has 0 aromatic heterocycles. The van der Waals surface area contributed by atoms with Crippen LogP contribution in [0, 0.1) is 0 Å². The number of hydrogen-bond acceptors (Lipinski definition) is 6. The fraction of sp³-hybridized carbons (Fsp3) is 0.864. The SMILES string of the molecule is CCC/C=C\C/C=C\CCCCCCCC(=O)OCC(COC(=O)CCCCCCCCCCCCCCCCCCCCCCCCCCCCC)OC(=O)CCCCCCC/C=C\CCCCCCC. The highest BCUT2D eigenvalue weighted by atomic mass is 16.6. The van der Waals surface area contributed by atoms with Gasteiger partial charge in [0.05, 0.1) is 0 Å². The van der Waals surface area contributed by atoms with E-state index in [4.69, 9.17) is 14.2 Å². The standard InChI is InChI=1S/C66H122O6/c1-4-7-10-13-16-19-22-25-27-28-29-30-31-32-33-34-35-36-37-38-39-42-44-47-50-53-56-59-65(68)71-62-63(61-70-64(67)58-55-52-49-46-43-40-24-21-18-15-12-9-6-3)72-66(69)60-57-54-51-48-45-41-26-23-20-17-14-11-8-5-2/h12,15,21,23-24,26,63H,4-11,13-14,16-20,22,25,27-62H2,1-3H3/b15-12-,24-21-,26-23-. The molecule has 6 heteroatoms. The van der Waals surface area contributed by atoms with Gasteiger partial charge in [0.1, 0.15) is 13.2 Å². The molecule has 0 aliphatic rings. The van der Waals surface area contributed by atoms with Gasteiger partial charge in [-0.2, -0.15) is 0 Å². The second-order valence-electron chi connectivity index (χ2n) is 21.7. The molecule has 0 heterocycles. The summed E-state index contributed by atoms with van der Waals surface area (Å²) in [5.74, 6) is -0.880. The average molecular weight is 1010 g/mol. The van der Waals surface area contributed by atoms with Crippen LogP contribution in [-0.4, -0.2) is 37.2 Å². The third kappa shape index (κ3) is 58.5. The number of carbonyl (C=O) groups excluding carboxylic acids is 3. The largest absolute Gasteiger partial charge is 0.462 e. The Balaban J connectivity index is 4.17. The van der Waals surface area contributed by atoms with Gasteiger partial charge in [-0.05, 0) is 70.6 Å². The lowest BCUT2D eigenvalue weighted by Gasteiger charge is -2.18. The molecule has 6 nitrogen and oxygen atoms in total. The van der Waals surface area contributed by atoms with Gasteiger partial charge in [0.15, 0.2) is 6.10 Å². The van der Waals surface area contributed by atoms with Crippen LogP contribution < -0.4 is 0 Å². The quantitative estimate of drug-likeness (QED) is 0.0261. The van der Waals surface area contributed by atoms with Crippen LogP contribution in [0.15, 0.2) is 36.5 Å². The normalized spacial score (nSPS) is 12.2. The summed E-state index contributed by atoms with van der Waals surface area (Å²) in [6, 6.07) is 0. The summed E-state index contributed by atoms with van der Waals surface area (Å²) in [5, 5.41) is 0. The molecule has 0 aromatic rings. The molecule has 0 fully saturated rings. The maximum Gasteiger partial charge on any atom is 0.306 e. The first kappa shape index (κ1) is 69.6. The van der Waals surface area contributed by atoms with Crippen molar-refractivity contribution in [2.75, 3.05) is 13.2 Å². The van der Waals surface area contributed by atoms with E-state index in [0.717, 1.165) is 89.9 Å². The Morgan fingerprint density at radius 3 is 0.833 bits per heavy atom. The van der Waals surface area contributed by atoms with E-state index in [1.807, 2.05) is 0 Å². The molecular weight excluding hydrogens is 889 g/mol. The smallest absolute Gasteiger partial charge is 0.306 e. The molecule has 1 unspecified atom stereocenters. The minimum absolute atomic E-state index is 0.0763. The van der Waals surface area contributed by atoms with Crippen molar-refractivity contribution < 1.29 is 28.6 Å². The highest BCUT2D eigenvalue weighted by molar-refractivity contribution is 5.71. The predicted molar refractivity (Wildman–Crippen MR) is 312 cm³/mol. The summed E-state index contributed by atoms with van der Waals surface area (Å²) < 4.78 is 16.9. The summed E-state index contributed by atoms with van der Waals surface area (Å²) in [6.07, 6.45) is 74.5. The van der Waals surface area contributed by atoms with Crippen molar-refractivity contribution in [1.82, 2.24) is 0 Å². The fourth-order valence-corrected chi connectivity index (χ4v) is 9.54. The Kier molecular flexibility index (Phi) is 59.2. The van der Waals surface area contributed by atoms with E-state index < -0.39 is 6.10 Å². The third-order valence-corrected chi connectivity index (χ3v) is 14.3. The zero-order chi connectivity index (χ0) is 52.2. The zero-order valence-electron chi connectivity index (χ0n) is 48.5. The number of allylic oxidation sites excluding steroid dienone is 6. The topological polar surface area (TPSA) is 78.9 Å². The van der Waals surface area contributed by atoms with E-state index >= 15 is 0 Å². The molecule has 0 aliphatic carbocycles. The summed E-state index contributed by atoms with van der Waals surface area (Å²) in [7, 11) is 0. The Hall–Kier alpha value is -2.37. The van der Waals surface area contributed by atoms with Crippen molar-refractivity contribution in [3.05, 3.63) is 36.5 Å². The van der Waals surface area contributed by atoms with Gasteiger partial charge in [0, 0.05) is 19.3 Å². The van der Waals surface area contributed by atoms with Crippen molar-refractivity contribution >= 4 is 17.9 Å². The Morgan fingerprint density at radius 2 is 0.528 bits per heavy atom. The van der Waals surface area contributed by atoms with Crippen LogP contribution in [0.2, 0.25) is 0 Å². The van der Waals surface area contributed by atoms with E-state index in [-0.39, 0.29) is 31.1 Å². The van der Waals surface area contributed by atoms with Crippen LogP contribution in [0.4, 0.5) is 0 Å². The molecule has 72 heavy (non-hydrogen) atoms. The molecule has 422 valence electrons. The molecule has 0 bridgehead atoms. The molecule has 0 aliphatic heterocycles. The van der Waals surface area contributed by atoms with Gasteiger partial charge in [0.2, 0.25) is 0 Å². The highest BCUT2D eigenvalue weighted by Crippen LogP contribution is 2.18. The second-order valence-corrected chi connectivity index (χ2v) is 21.7. The molecule has 0 amide bonds. The van der Waals surface area contributed by atoms with Gasteiger partial charge in [0.25, 0.3) is 0 Å². The minimum atomic E-state index is -0.780. The molecular formula is C66H122O6. The maximum atomic E-state index is 12.9. The summed E-state index contributed by atoms with van der Waals surface area (Å²) >= 11 is 0. The van der Waals surface area contributed by atoms with Crippen LogP contribution in [0.1, 0.15) is 348 Å². The predicted octanol–water partition coefficient (Wildman–Crippen LogP) is 21.6. The molecule has 0 aromatic carbocycles. The van der Waals surface area contributed by atoms with Crippen molar-refractivity contribution in [2.45, 2.75) is 354 Å².